The van der Waals surface area contributed by atoms with Crippen molar-refractivity contribution in [2.75, 3.05) is 0 Å². The maximum Gasteiger partial charge on any atom is 0.308 e. The number of carboxylic acid groups (broad SMARTS) is 1. The molecular weight excluding hydrogens is 258 g/mol. The molecular formula is C14H23N3O3. The molecule has 0 saturated carbocycles. The van der Waals surface area contributed by atoms with E-state index in [1.165, 1.54) is 0 Å². The van der Waals surface area contributed by atoms with E-state index in [2.05, 4.69) is 10.4 Å². The zero-order valence-electron chi connectivity index (χ0n) is 12.7. The van der Waals surface area contributed by atoms with E-state index in [1.807, 2.05) is 20.9 Å². The second-order valence-electron chi connectivity index (χ2n) is 5.26. The zero-order valence-corrected chi connectivity index (χ0v) is 12.7. The first-order chi connectivity index (χ1) is 9.23. The second-order valence-corrected chi connectivity index (χ2v) is 5.26. The van der Waals surface area contributed by atoms with Gasteiger partial charge < -0.3 is 10.4 Å². The number of nitrogens with one attached hydrogen (secondary N) is 1. The topological polar surface area (TPSA) is 84.2 Å². The summed E-state index contributed by atoms with van der Waals surface area (Å²) >= 11 is 0. The number of aryl methyl sites for hydroxylation is 2. The van der Waals surface area contributed by atoms with E-state index in [0.717, 1.165) is 17.0 Å². The van der Waals surface area contributed by atoms with Gasteiger partial charge in [0.25, 0.3) is 0 Å². The van der Waals surface area contributed by atoms with Gasteiger partial charge in [-0.05, 0) is 39.7 Å². The number of aromatic nitrogens is 2. The van der Waals surface area contributed by atoms with Crippen LogP contribution >= 0.6 is 0 Å². The Kier molecular flexibility index (Phi) is 5.30. The molecule has 2 unspecified atom stereocenters. The van der Waals surface area contributed by atoms with Crippen molar-refractivity contribution in [1.82, 2.24) is 15.1 Å². The Morgan fingerprint density at radius 3 is 2.40 bits per heavy atom. The van der Waals surface area contributed by atoms with Crippen molar-refractivity contribution < 1.29 is 14.7 Å². The van der Waals surface area contributed by atoms with Crippen molar-refractivity contribution in [1.29, 1.82) is 0 Å². The summed E-state index contributed by atoms with van der Waals surface area (Å²) in [7, 11) is 1.88. The van der Waals surface area contributed by atoms with E-state index in [-0.39, 0.29) is 11.9 Å². The molecule has 0 fully saturated rings. The van der Waals surface area contributed by atoms with Crippen molar-refractivity contribution in [3.05, 3.63) is 17.0 Å². The molecule has 112 valence electrons. The number of carbonyl (C=O) groups excluding carboxylic acids is 1. The van der Waals surface area contributed by atoms with Crippen LogP contribution in [0.1, 0.15) is 37.2 Å². The smallest absolute Gasteiger partial charge is 0.308 e. The Bertz CT molecular complexity index is 508. The fourth-order valence-electron chi connectivity index (χ4n) is 2.08. The quantitative estimate of drug-likeness (QED) is 0.820. The minimum Gasteiger partial charge on any atom is -0.481 e. The average Bonchev–Trinajstić information content (AvgIpc) is 2.60. The first-order valence-electron chi connectivity index (χ1n) is 6.75. The minimum absolute atomic E-state index is 0.131. The van der Waals surface area contributed by atoms with Crippen LogP contribution in [0.4, 0.5) is 0 Å². The molecule has 6 nitrogen and oxygen atoms in total. The molecule has 1 aromatic heterocycles. The lowest BCUT2D eigenvalue weighted by molar-refractivity contribution is -0.142. The number of rotatable bonds is 6. The normalized spacial score (nSPS) is 13.8. The Hall–Kier alpha value is -1.85. The summed E-state index contributed by atoms with van der Waals surface area (Å²) in [6.07, 6.45) is 0.954. The zero-order chi connectivity index (χ0) is 15.4. The highest BCUT2D eigenvalue weighted by Gasteiger charge is 2.21. The van der Waals surface area contributed by atoms with Gasteiger partial charge in [-0.3, -0.25) is 14.3 Å². The SMILES string of the molecule is Cc1nn(C)c(C)c1CCC(=O)NC(C)C(C)C(=O)O. The van der Waals surface area contributed by atoms with Gasteiger partial charge in [-0.2, -0.15) is 5.10 Å². The van der Waals surface area contributed by atoms with Gasteiger partial charge in [-0.15, -0.1) is 0 Å². The standard InChI is InChI=1S/C14H23N3O3/c1-8(14(19)20)9(2)15-13(18)7-6-12-10(3)16-17(5)11(12)4/h8-9H,6-7H2,1-5H3,(H,15,18)(H,19,20). The van der Waals surface area contributed by atoms with Gasteiger partial charge in [0, 0.05) is 25.2 Å². The molecule has 6 heteroatoms. The number of carboxylic acids is 1. The summed E-state index contributed by atoms with van der Waals surface area (Å²) < 4.78 is 1.80. The number of amides is 1. The maximum absolute atomic E-state index is 11.9. The lowest BCUT2D eigenvalue weighted by Gasteiger charge is -2.17. The summed E-state index contributed by atoms with van der Waals surface area (Å²) in [6, 6.07) is -0.379. The summed E-state index contributed by atoms with van der Waals surface area (Å²) in [4.78, 5) is 22.7. The fourth-order valence-corrected chi connectivity index (χ4v) is 2.08. The predicted molar refractivity (Wildman–Crippen MR) is 75.4 cm³/mol. The molecule has 0 aliphatic carbocycles. The maximum atomic E-state index is 11.9. The molecule has 0 aliphatic heterocycles. The Morgan fingerprint density at radius 1 is 1.35 bits per heavy atom. The molecule has 2 atom stereocenters. The predicted octanol–water partition coefficient (Wildman–Crippen LogP) is 1.19. The minimum atomic E-state index is -0.906. The van der Waals surface area contributed by atoms with E-state index in [0.29, 0.717) is 12.8 Å². The summed E-state index contributed by atoms with van der Waals surface area (Å²) in [5, 5.41) is 15.9. The van der Waals surface area contributed by atoms with Gasteiger partial charge in [0.1, 0.15) is 0 Å². The molecule has 0 radical (unpaired) electrons. The number of hydrogen-bond acceptors (Lipinski definition) is 3. The van der Waals surface area contributed by atoms with Crippen molar-refractivity contribution in [3.63, 3.8) is 0 Å². The van der Waals surface area contributed by atoms with Gasteiger partial charge in [-0.25, -0.2) is 0 Å². The number of hydrogen-bond donors (Lipinski definition) is 2. The molecule has 0 spiro atoms. The molecule has 0 bridgehead atoms. The highest BCUT2D eigenvalue weighted by molar-refractivity contribution is 5.78. The number of aliphatic carboxylic acids is 1. The summed E-state index contributed by atoms with van der Waals surface area (Å²) in [5.74, 6) is -1.63. The molecule has 1 heterocycles. The van der Waals surface area contributed by atoms with Crippen LogP contribution in [-0.2, 0) is 23.1 Å². The molecule has 1 aromatic rings. The van der Waals surface area contributed by atoms with Crippen molar-refractivity contribution in [2.45, 2.75) is 46.6 Å². The van der Waals surface area contributed by atoms with Crippen LogP contribution in [0.25, 0.3) is 0 Å². The van der Waals surface area contributed by atoms with Crippen molar-refractivity contribution in [2.24, 2.45) is 13.0 Å². The average molecular weight is 281 g/mol. The highest BCUT2D eigenvalue weighted by atomic mass is 16.4. The molecule has 0 aromatic carbocycles. The molecule has 20 heavy (non-hydrogen) atoms. The lowest BCUT2D eigenvalue weighted by Crippen LogP contribution is -2.40. The van der Waals surface area contributed by atoms with Crippen LogP contribution in [0.2, 0.25) is 0 Å². The monoisotopic (exact) mass is 281 g/mol. The van der Waals surface area contributed by atoms with E-state index in [9.17, 15) is 9.59 Å². The largest absolute Gasteiger partial charge is 0.481 e. The van der Waals surface area contributed by atoms with Gasteiger partial charge in [0.15, 0.2) is 0 Å². The van der Waals surface area contributed by atoms with Crippen LogP contribution < -0.4 is 5.32 Å². The molecule has 1 rings (SSSR count). The molecule has 2 N–H and O–H groups in total. The summed E-state index contributed by atoms with van der Waals surface area (Å²) in [6.45, 7) is 7.19. The van der Waals surface area contributed by atoms with Crippen molar-refractivity contribution in [3.8, 4) is 0 Å². The number of carbonyl (C=O) groups is 2. The van der Waals surface area contributed by atoms with Gasteiger partial charge in [-0.1, -0.05) is 0 Å². The van der Waals surface area contributed by atoms with E-state index >= 15 is 0 Å². The third-order valence-electron chi connectivity index (χ3n) is 3.79. The van der Waals surface area contributed by atoms with Crippen LogP contribution in [0, 0.1) is 19.8 Å². The Morgan fingerprint density at radius 2 is 1.95 bits per heavy atom. The van der Waals surface area contributed by atoms with E-state index in [1.54, 1.807) is 18.5 Å². The van der Waals surface area contributed by atoms with Gasteiger partial charge >= 0.3 is 5.97 Å². The third kappa shape index (κ3) is 3.82. The van der Waals surface area contributed by atoms with Crippen LogP contribution in [0.5, 0.6) is 0 Å². The van der Waals surface area contributed by atoms with Crippen LogP contribution in [-0.4, -0.2) is 32.8 Å². The highest BCUT2D eigenvalue weighted by Crippen LogP contribution is 2.14. The first kappa shape index (κ1) is 16.2. The van der Waals surface area contributed by atoms with E-state index in [4.69, 9.17) is 5.11 Å². The van der Waals surface area contributed by atoms with Crippen LogP contribution in [0.3, 0.4) is 0 Å². The number of nitrogens with zero attached hydrogens (tertiary/aromatic N) is 2. The third-order valence-corrected chi connectivity index (χ3v) is 3.79. The lowest BCUT2D eigenvalue weighted by atomic mass is 10.0. The Labute approximate surface area is 119 Å². The Balaban J connectivity index is 2.54. The van der Waals surface area contributed by atoms with Gasteiger partial charge in [0.2, 0.25) is 5.91 Å². The summed E-state index contributed by atoms with van der Waals surface area (Å²) in [5.41, 5.74) is 3.08. The van der Waals surface area contributed by atoms with Gasteiger partial charge in [0.05, 0.1) is 11.6 Å². The van der Waals surface area contributed by atoms with Crippen molar-refractivity contribution >= 4 is 11.9 Å². The molecule has 1 amide bonds. The fraction of sp³-hybridized carbons (Fsp3) is 0.643. The molecule has 0 saturated heterocycles. The first-order valence-corrected chi connectivity index (χ1v) is 6.75. The van der Waals surface area contributed by atoms with Crippen LogP contribution in [0.15, 0.2) is 0 Å². The second kappa shape index (κ2) is 6.54. The molecule has 0 aliphatic rings. The van der Waals surface area contributed by atoms with E-state index < -0.39 is 11.9 Å².